The van der Waals surface area contributed by atoms with Crippen LogP contribution in [-0.2, 0) is 24.6 Å². The Bertz CT molecular complexity index is 1580. The molecule has 1 amide bonds. The van der Waals surface area contributed by atoms with Crippen LogP contribution >= 0.6 is 34.2 Å². The van der Waals surface area contributed by atoms with E-state index in [0.717, 1.165) is 0 Å². The van der Waals surface area contributed by atoms with E-state index in [-0.39, 0.29) is 45.3 Å². The number of alkyl halides is 10. The minimum atomic E-state index is -5.55. The second kappa shape index (κ2) is 12.4. The number of aryl methyl sites for hydroxylation is 1. The summed E-state index contributed by atoms with van der Waals surface area (Å²) in [5, 5.41) is 4.61. The molecule has 0 aliphatic carbocycles. The van der Waals surface area contributed by atoms with Crippen LogP contribution < -0.4 is 5.32 Å². The predicted octanol–water partition coefficient (Wildman–Crippen LogP) is 7.05. The Kier molecular flexibility index (Phi) is 10.2. The summed E-state index contributed by atoms with van der Waals surface area (Å²) in [4.78, 5) is 17.4. The van der Waals surface area contributed by atoms with Crippen LogP contribution in [0.5, 0.6) is 0 Å². The maximum Gasteiger partial charge on any atom is 0.511 e. The van der Waals surface area contributed by atoms with Gasteiger partial charge in [-0.15, -0.1) is 0 Å². The van der Waals surface area contributed by atoms with Crippen LogP contribution in [0.4, 0.5) is 43.9 Å². The molecule has 44 heavy (non-hydrogen) atoms. The average Bonchev–Trinajstić information content (AvgIpc) is 2.85. The molecule has 0 unspecified atom stereocenters. The van der Waals surface area contributed by atoms with E-state index in [2.05, 4.69) is 10.5 Å². The van der Waals surface area contributed by atoms with Crippen molar-refractivity contribution < 1.29 is 62.0 Å². The molecule has 7 nitrogen and oxygen atoms in total. The summed E-state index contributed by atoms with van der Waals surface area (Å²) in [7, 11) is -5.55. The van der Waals surface area contributed by atoms with Gasteiger partial charge in [0, 0.05) is 18.7 Å². The summed E-state index contributed by atoms with van der Waals surface area (Å²) in [6, 6.07) is 2.86. The first-order valence-corrected chi connectivity index (χ1v) is 14.9. The minimum absolute atomic E-state index is 0.0125. The van der Waals surface area contributed by atoms with Crippen molar-refractivity contribution in [3.05, 3.63) is 69.0 Å². The Hall–Kier alpha value is -2.39. The molecule has 0 radical (unpaired) electrons. The minimum Gasteiger partial charge on any atom is -0.363 e. The zero-order valence-corrected chi connectivity index (χ0v) is 25.8. The first kappa shape index (κ1) is 36.1. The number of carbonyl (C=O) groups excluding carboxylic acids is 1. The number of rotatable bonds is 8. The highest BCUT2D eigenvalue weighted by atomic mass is 127. The molecule has 0 saturated carbocycles. The maximum absolute atomic E-state index is 14.7. The molecule has 1 aliphatic heterocycles. The average molecular weight is 798 g/mol. The zero-order valence-electron chi connectivity index (χ0n) is 22.1. The number of hydrogen-bond donors (Lipinski definition) is 1. The van der Waals surface area contributed by atoms with E-state index in [1.54, 1.807) is 0 Å². The number of oxime groups is 1. The molecule has 244 valence electrons. The van der Waals surface area contributed by atoms with Crippen molar-refractivity contribution >= 4 is 55.8 Å². The van der Waals surface area contributed by atoms with Gasteiger partial charge in [-0.05, 0) is 71.3 Å². The Morgan fingerprint density at radius 2 is 1.68 bits per heavy atom. The lowest BCUT2D eigenvalue weighted by molar-refractivity contribution is -0.235. The number of benzene rings is 2. The van der Waals surface area contributed by atoms with E-state index in [1.165, 1.54) is 32.0 Å². The fourth-order valence-electron chi connectivity index (χ4n) is 3.91. The summed E-state index contributed by atoms with van der Waals surface area (Å²) in [6.45, 7) is 1.61. The third kappa shape index (κ3) is 7.19. The molecule has 1 aliphatic rings. The molecule has 1 saturated heterocycles. The highest BCUT2D eigenvalue weighted by Crippen LogP contribution is 2.51. The predicted molar refractivity (Wildman–Crippen MR) is 145 cm³/mol. The molecule has 3 rings (SSSR count). The van der Waals surface area contributed by atoms with Gasteiger partial charge < -0.3 is 10.2 Å². The van der Waals surface area contributed by atoms with Crippen molar-refractivity contribution in [2.45, 2.75) is 47.8 Å². The van der Waals surface area contributed by atoms with E-state index in [0.29, 0.717) is 22.6 Å². The van der Waals surface area contributed by atoms with Gasteiger partial charge in [0.2, 0.25) is 0 Å². The van der Waals surface area contributed by atoms with Crippen molar-refractivity contribution in [1.29, 1.82) is 0 Å². The third-order valence-corrected chi connectivity index (χ3v) is 9.53. The summed E-state index contributed by atoms with van der Waals surface area (Å²) in [6.07, 6.45) is -10.8. The Morgan fingerprint density at radius 1 is 1.09 bits per heavy atom. The van der Waals surface area contributed by atoms with Gasteiger partial charge in [-0.2, -0.15) is 43.8 Å². The molecule has 1 heterocycles. The quantitative estimate of drug-likeness (QED) is 0.102. The topological polar surface area (TPSA) is 88.1 Å². The molecule has 2 aromatic carbocycles. The van der Waals surface area contributed by atoms with Crippen LogP contribution in [0.2, 0.25) is 5.02 Å². The first-order valence-electron chi connectivity index (χ1n) is 12.0. The van der Waals surface area contributed by atoms with Gasteiger partial charge in [0.15, 0.2) is 0 Å². The largest absolute Gasteiger partial charge is 0.511 e. The summed E-state index contributed by atoms with van der Waals surface area (Å²) in [5.74, 6) is -2.59. The van der Waals surface area contributed by atoms with Gasteiger partial charge in [-0.1, -0.05) is 29.7 Å². The SMILES string of the molecule is CC/C(=N\O[C@](I)(c1cc(C(F)(F)F)cc(Cl)c1F)C(F)(F)F)c1ccc(C(=O)NC2CN(S(=O)(=O)C(F)(F)F)C2)c(C)c1. The van der Waals surface area contributed by atoms with Gasteiger partial charge in [0.25, 0.3) is 5.91 Å². The molecule has 0 spiro atoms. The van der Waals surface area contributed by atoms with E-state index in [4.69, 9.17) is 16.4 Å². The number of nitrogens with zero attached hydrogens (tertiary/aromatic N) is 2. The van der Waals surface area contributed by atoms with Crippen LogP contribution in [0.1, 0.15) is 46.0 Å². The number of amides is 1. The lowest BCUT2D eigenvalue weighted by Gasteiger charge is -2.38. The normalized spacial score (nSPS) is 17.2. The fourth-order valence-corrected chi connectivity index (χ4v) is 5.67. The van der Waals surface area contributed by atoms with Gasteiger partial charge in [0.1, 0.15) is 5.82 Å². The van der Waals surface area contributed by atoms with E-state index >= 15 is 0 Å². The molecule has 1 fully saturated rings. The van der Waals surface area contributed by atoms with Crippen LogP contribution in [0, 0.1) is 12.7 Å². The summed E-state index contributed by atoms with van der Waals surface area (Å²) < 4.78 is 154. The molecular weight excluding hydrogens is 779 g/mol. The summed E-state index contributed by atoms with van der Waals surface area (Å²) >= 11 is 6.05. The van der Waals surface area contributed by atoms with Crippen molar-refractivity contribution in [3.8, 4) is 0 Å². The molecular formula is C24H19ClF10IN3O4S. The smallest absolute Gasteiger partial charge is 0.363 e. The molecule has 1 atom stereocenters. The Morgan fingerprint density at radius 3 is 2.16 bits per heavy atom. The lowest BCUT2D eigenvalue weighted by Crippen LogP contribution is -2.62. The molecule has 20 heteroatoms. The number of carbonyl (C=O) groups is 1. The maximum atomic E-state index is 14.7. The fraction of sp³-hybridized carbons (Fsp3) is 0.417. The Labute approximate surface area is 261 Å². The van der Waals surface area contributed by atoms with Crippen LogP contribution in [0.25, 0.3) is 0 Å². The van der Waals surface area contributed by atoms with Crippen LogP contribution in [0.3, 0.4) is 0 Å². The van der Waals surface area contributed by atoms with Crippen LogP contribution in [-0.4, -0.2) is 55.2 Å². The Balaban J connectivity index is 1.86. The van der Waals surface area contributed by atoms with E-state index < -0.39 is 78.5 Å². The first-order chi connectivity index (χ1) is 19.9. The molecule has 2 aromatic rings. The molecule has 1 N–H and O–H groups in total. The second-order valence-electron chi connectivity index (χ2n) is 9.36. The van der Waals surface area contributed by atoms with E-state index in [1.807, 2.05) is 0 Å². The monoisotopic (exact) mass is 797 g/mol. The van der Waals surface area contributed by atoms with Gasteiger partial charge >= 0.3 is 31.5 Å². The lowest BCUT2D eigenvalue weighted by atomic mass is 10.00. The number of nitrogens with one attached hydrogen (secondary N) is 1. The van der Waals surface area contributed by atoms with Gasteiger partial charge in [-0.3, -0.25) is 4.79 Å². The number of hydrogen-bond acceptors (Lipinski definition) is 5. The third-order valence-electron chi connectivity index (χ3n) is 6.30. The van der Waals surface area contributed by atoms with Crippen molar-refractivity contribution in [3.63, 3.8) is 0 Å². The standard InChI is InChI=1S/C24H19ClF10IN3O4S/c1-3-18(38-43-21(36,23(30,31)32)16-7-13(22(27,28)29)8-17(25)19(16)26)12-4-5-15(11(2)6-12)20(40)37-14-9-39(10-14)44(41,42)24(33,34)35/h4-8,14H,3,9-10H2,1-2H3,(H,37,40)/b38-18+/t21-/m1/s1. The van der Waals surface area contributed by atoms with Crippen molar-refractivity contribution in [1.82, 2.24) is 9.62 Å². The van der Waals surface area contributed by atoms with Crippen LogP contribution in [0.15, 0.2) is 35.5 Å². The van der Waals surface area contributed by atoms with Gasteiger partial charge in [0.05, 0.1) is 27.9 Å². The molecule has 0 bridgehead atoms. The highest BCUT2D eigenvalue weighted by molar-refractivity contribution is 14.1. The highest BCUT2D eigenvalue weighted by Gasteiger charge is 2.60. The van der Waals surface area contributed by atoms with E-state index in [9.17, 15) is 57.1 Å². The summed E-state index contributed by atoms with van der Waals surface area (Å²) in [5.41, 5.74) is -8.61. The zero-order chi connectivity index (χ0) is 33.6. The number of halogens is 12. The molecule has 0 aromatic heterocycles. The van der Waals surface area contributed by atoms with Crippen molar-refractivity contribution in [2.24, 2.45) is 5.16 Å². The van der Waals surface area contributed by atoms with Gasteiger partial charge in [-0.25, -0.2) is 12.8 Å². The van der Waals surface area contributed by atoms with Crippen molar-refractivity contribution in [2.75, 3.05) is 13.1 Å². The number of sulfonamides is 1. The second-order valence-corrected chi connectivity index (χ2v) is 13.2.